The fraction of sp³-hybridized carbons (Fsp3) is 0.214. The van der Waals surface area contributed by atoms with Crippen molar-refractivity contribution in [3.05, 3.63) is 48.2 Å². The Balaban J connectivity index is 1.91. The van der Waals surface area contributed by atoms with Crippen LogP contribution in [0.4, 0.5) is 14.6 Å². The van der Waals surface area contributed by atoms with Crippen molar-refractivity contribution in [2.45, 2.75) is 18.1 Å². The molecule has 1 atom stereocenters. The van der Waals surface area contributed by atoms with E-state index in [2.05, 4.69) is 15.0 Å². The van der Waals surface area contributed by atoms with E-state index in [0.717, 1.165) is 10.5 Å². The Morgan fingerprint density at radius 3 is 2.48 bits per heavy atom. The Kier molecular flexibility index (Phi) is 5.21. The van der Waals surface area contributed by atoms with Gasteiger partial charge in [-0.2, -0.15) is 8.78 Å². The van der Waals surface area contributed by atoms with Gasteiger partial charge in [0.2, 0.25) is 0 Å². The lowest BCUT2D eigenvalue weighted by Crippen LogP contribution is -2.04. The lowest BCUT2D eigenvalue weighted by Gasteiger charge is -2.08. The first-order valence-corrected chi connectivity index (χ1v) is 7.67. The summed E-state index contributed by atoms with van der Waals surface area (Å²) in [5.74, 6) is 0.574. The van der Waals surface area contributed by atoms with Gasteiger partial charge < -0.3 is 10.1 Å². The average molecular weight is 312 g/mol. The van der Waals surface area contributed by atoms with Crippen LogP contribution >= 0.6 is 0 Å². The van der Waals surface area contributed by atoms with E-state index < -0.39 is 17.4 Å². The summed E-state index contributed by atoms with van der Waals surface area (Å²) >= 11 is 0. The number of aromatic nitrogens is 1. The van der Waals surface area contributed by atoms with Crippen LogP contribution in [0, 0.1) is 0 Å². The molecule has 0 fully saturated rings. The second-order valence-corrected chi connectivity index (χ2v) is 5.59. The largest absolute Gasteiger partial charge is 0.433 e. The van der Waals surface area contributed by atoms with Gasteiger partial charge in [0.15, 0.2) is 0 Å². The minimum Gasteiger partial charge on any atom is -0.433 e. The number of rotatable bonds is 6. The molecule has 1 N–H and O–H groups in total. The molecule has 2 aromatic rings. The van der Waals surface area contributed by atoms with Gasteiger partial charge >= 0.3 is 6.61 Å². The average Bonchev–Trinajstić information content (AvgIpc) is 2.46. The van der Waals surface area contributed by atoms with Crippen LogP contribution in [0.5, 0.6) is 5.75 Å². The molecule has 1 aromatic heterocycles. The predicted octanol–water partition coefficient (Wildman–Crippen LogP) is 3.03. The second-order valence-electron chi connectivity index (χ2n) is 4.21. The van der Waals surface area contributed by atoms with Gasteiger partial charge in [0.05, 0.1) is 6.20 Å². The SMILES string of the molecule is C[S@](=O)c1ccc(CNc2ccc(OC(F)F)cn2)cc1. The quantitative estimate of drug-likeness (QED) is 0.891. The van der Waals surface area contributed by atoms with Gasteiger partial charge in [-0.05, 0) is 29.8 Å². The molecule has 112 valence electrons. The highest BCUT2D eigenvalue weighted by molar-refractivity contribution is 7.84. The summed E-state index contributed by atoms with van der Waals surface area (Å²) in [5, 5.41) is 3.06. The number of pyridine rings is 1. The number of hydrogen-bond donors (Lipinski definition) is 1. The Hall–Kier alpha value is -2.02. The van der Waals surface area contributed by atoms with E-state index in [0.29, 0.717) is 12.4 Å². The number of nitrogens with one attached hydrogen (secondary N) is 1. The van der Waals surface area contributed by atoms with Crippen molar-refractivity contribution in [1.29, 1.82) is 0 Å². The number of hydrogen-bond acceptors (Lipinski definition) is 4. The van der Waals surface area contributed by atoms with Crippen LogP contribution in [-0.2, 0) is 17.3 Å². The summed E-state index contributed by atoms with van der Waals surface area (Å²) in [7, 11) is -0.993. The summed E-state index contributed by atoms with van der Waals surface area (Å²) in [6, 6.07) is 10.3. The molecule has 0 aliphatic heterocycles. The summed E-state index contributed by atoms with van der Waals surface area (Å²) < 4.78 is 39.5. The Morgan fingerprint density at radius 1 is 1.24 bits per heavy atom. The number of ether oxygens (including phenoxy) is 1. The van der Waals surface area contributed by atoms with Crippen LogP contribution < -0.4 is 10.1 Å². The number of halogens is 2. The summed E-state index contributed by atoms with van der Waals surface area (Å²) in [4.78, 5) is 4.74. The summed E-state index contributed by atoms with van der Waals surface area (Å²) in [5.41, 5.74) is 0.999. The van der Waals surface area contributed by atoms with E-state index in [-0.39, 0.29) is 5.75 Å². The molecule has 0 bridgehead atoms. The lowest BCUT2D eigenvalue weighted by atomic mass is 10.2. The standard InChI is InChI=1S/C14H14F2N2O2S/c1-21(19)12-5-2-10(3-6-12)8-17-13-7-4-11(9-18-13)20-14(15)16/h2-7,9,14H,8H2,1H3,(H,17,18)/t21-/m0/s1. The van der Waals surface area contributed by atoms with Crippen molar-refractivity contribution >= 4 is 16.6 Å². The third-order valence-corrected chi connectivity index (χ3v) is 3.63. The Bertz CT molecular complexity index is 603. The van der Waals surface area contributed by atoms with E-state index in [1.165, 1.54) is 12.3 Å². The molecule has 0 spiro atoms. The molecule has 0 unspecified atom stereocenters. The lowest BCUT2D eigenvalue weighted by molar-refractivity contribution is -0.0500. The first kappa shape index (κ1) is 15.4. The van der Waals surface area contributed by atoms with Gasteiger partial charge in [-0.15, -0.1) is 0 Å². The van der Waals surface area contributed by atoms with Crippen LogP contribution in [0.15, 0.2) is 47.5 Å². The minimum absolute atomic E-state index is 0.0188. The van der Waals surface area contributed by atoms with Gasteiger partial charge in [-0.3, -0.25) is 4.21 Å². The minimum atomic E-state index is -2.85. The van der Waals surface area contributed by atoms with Gasteiger partial charge in [-0.25, -0.2) is 4.98 Å². The molecule has 0 saturated carbocycles. The highest BCUT2D eigenvalue weighted by Gasteiger charge is 2.04. The number of alkyl halides is 2. The van der Waals surface area contributed by atoms with Crippen LogP contribution in [0.25, 0.3) is 0 Å². The van der Waals surface area contributed by atoms with Crippen molar-refractivity contribution in [3.63, 3.8) is 0 Å². The first-order chi connectivity index (χ1) is 10.0. The third-order valence-electron chi connectivity index (χ3n) is 2.69. The highest BCUT2D eigenvalue weighted by Crippen LogP contribution is 2.15. The van der Waals surface area contributed by atoms with Crippen LogP contribution in [-0.4, -0.2) is 22.1 Å². The predicted molar refractivity (Wildman–Crippen MR) is 77.0 cm³/mol. The molecule has 0 saturated heterocycles. The maximum atomic E-state index is 12.0. The van der Waals surface area contributed by atoms with Gasteiger partial charge in [0, 0.05) is 28.5 Å². The fourth-order valence-corrected chi connectivity index (χ4v) is 2.17. The topological polar surface area (TPSA) is 51.2 Å². The maximum Gasteiger partial charge on any atom is 0.387 e. The number of benzene rings is 1. The van der Waals surface area contributed by atoms with Crippen LogP contribution in [0.1, 0.15) is 5.56 Å². The zero-order valence-corrected chi connectivity index (χ0v) is 12.1. The molecule has 2 rings (SSSR count). The van der Waals surface area contributed by atoms with E-state index in [4.69, 9.17) is 0 Å². The highest BCUT2D eigenvalue weighted by atomic mass is 32.2. The molecular formula is C14H14F2N2O2S. The fourth-order valence-electron chi connectivity index (χ4n) is 1.65. The van der Waals surface area contributed by atoms with Crippen molar-refractivity contribution in [1.82, 2.24) is 4.98 Å². The van der Waals surface area contributed by atoms with Crippen LogP contribution in [0.2, 0.25) is 0 Å². The number of nitrogens with zero attached hydrogens (tertiary/aromatic N) is 1. The third kappa shape index (κ3) is 4.78. The smallest absolute Gasteiger partial charge is 0.387 e. The van der Waals surface area contributed by atoms with Crippen molar-refractivity contribution in [3.8, 4) is 5.75 Å². The molecule has 21 heavy (non-hydrogen) atoms. The summed E-state index contributed by atoms with van der Waals surface area (Å²) in [6.45, 7) is -2.33. The van der Waals surface area contributed by atoms with Crippen LogP contribution in [0.3, 0.4) is 0 Å². The first-order valence-electron chi connectivity index (χ1n) is 6.11. The number of anilines is 1. The zero-order chi connectivity index (χ0) is 15.2. The Labute approximate surface area is 123 Å². The van der Waals surface area contributed by atoms with Gasteiger partial charge in [-0.1, -0.05) is 12.1 Å². The van der Waals surface area contributed by atoms with Crippen molar-refractivity contribution in [2.75, 3.05) is 11.6 Å². The maximum absolute atomic E-state index is 12.0. The zero-order valence-electron chi connectivity index (χ0n) is 11.3. The van der Waals surface area contributed by atoms with E-state index in [9.17, 15) is 13.0 Å². The second kappa shape index (κ2) is 7.12. The van der Waals surface area contributed by atoms with E-state index >= 15 is 0 Å². The van der Waals surface area contributed by atoms with Crippen molar-refractivity contribution in [2.24, 2.45) is 0 Å². The molecule has 1 aromatic carbocycles. The molecule has 4 nitrogen and oxygen atoms in total. The van der Waals surface area contributed by atoms with E-state index in [1.54, 1.807) is 24.5 Å². The molecule has 1 heterocycles. The van der Waals surface area contributed by atoms with Gasteiger partial charge in [0.25, 0.3) is 0 Å². The summed E-state index contributed by atoms with van der Waals surface area (Å²) in [6.07, 6.45) is 2.86. The molecule has 0 amide bonds. The normalized spacial score (nSPS) is 12.2. The van der Waals surface area contributed by atoms with E-state index in [1.807, 2.05) is 12.1 Å². The van der Waals surface area contributed by atoms with Crippen molar-refractivity contribution < 1.29 is 17.7 Å². The molecule has 0 radical (unpaired) electrons. The molecule has 0 aliphatic rings. The molecular weight excluding hydrogens is 298 g/mol. The Morgan fingerprint density at radius 2 is 1.95 bits per heavy atom. The molecule has 0 aliphatic carbocycles. The molecule has 7 heteroatoms. The van der Waals surface area contributed by atoms with Gasteiger partial charge in [0.1, 0.15) is 11.6 Å². The monoisotopic (exact) mass is 312 g/mol.